The fourth-order valence-electron chi connectivity index (χ4n) is 3.51. The number of ether oxygens (including phenoxy) is 3. The van der Waals surface area contributed by atoms with Crippen molar-refractivity contribution in [2.75, 3.05) is 33.4 Å². The second kappa shape index (κ2) is 7.76. The quantitative estimate of drug-likeness (QED) is 0.780. The highest BCUT2D eigenvalue weighted by Crippen LogP contribution is 2.32. The molecule has 1 atom stereocenters. The number of likely N-dealkylation sites (tertiary alicyclic amines) is 1. The molecule has 0 spiro atoms. The Bertz CT molecular complexity index is 637. The maximum absolute atomic E-state index is 12.8. The standard InChI is InChI=1S/C19H25NO5/c1-3-24-19(22)13-6-8-20(9-7-13)18(21)15-10-14-11-16(23-2)4-5-17(14)25-12-15/h4-5,11,13,15H,3,6-10,12H2,1-2H3. The highest BCUT2D eigenvalue weighted by Gasteiger charge is 2.33. The first-order chi connectivity index (χ1) is 12.1. The van der Waals surface area contributed by atoms with Gasteiger partial charge in [0.15, 0.2) is 0 Å². The van der Waals surface area contributed by atoms with Crippen LogP contribution in [0, 0.1) is 11.8 Å². The summed E-state index contributed by atoms with van der Waals surface area (Å²) >= 11 is 0. The maximum Gasteiger partial charge on any atom is 0.309 e. The average Bonchev–Trinajstić information content (AvgIpc) is 2.66. The fraction of sp³-hybridized carbons (Fsp3) is 0.579. The summed E-state index contributed by atoms with van der Waals surface area (Å²) in [5.41, 5.74) is 1.00. The monoisotopic (exact) mass is 347 g/mol. The van der Waals surface area contributed by atoms with Gasteiger partial charge in [0.05, 0.1) is 25.6 Å². The van der Waals surface area contributed by atoms with Crippen LogP contribution in [0.5, 0.6) is 11.5 Å². The third-order valence-corrected chi connectivity index (χ3v) is 4.95. The van der Waals surface area contributed by atoms with E-state index in [2.05, 4.69) is 0 Å². The first kappa shape index (κ1) is 17.6. The van der Waals surface area contributed by atoms with Crippen molar-refractivity contribution in [3.05, 3.63) is 23.8 Å². The van der Waals surface area contributed by atoms with Crippen LogP contribution < -0.4 is 9.47 Å². The van der Waals surface area contributed by atoms with Gasteiger partial charge in [-0.25, -0.2) is 0 Å². The van der Waals surface area contributed by atoms with Crippen molar-refractivity contribution < 1.29 is 23.8 Å². The molecule has 136 valence electrons. The minimum atomic E-state index is -0.182. The van der Waals surface area contributed by atoms with E-state index in [0.29, 0.717) is 45.6 Å². The molecule has 0 aromatic heterocycles. The second-order valence-corrected chi connectivity index (χ2v) is 6.54. The van der Waals surface area contributed by atoms with E-state index in [0.717, 1.165) is 17.1 Å². The summed E-state index contributed by atoms with van der Waals surface area (Å²) in [4.78, 5) is 26.5. The van der Waals surface area contributed by atoms with E-state index >= 15 is 0 Å². The highest BCUT2D eigenvalue weighted by molar-refractivity contribution is 5.80. The Morgan fingerprint density at radius 2 is 2.00 bits per heavy atom. The number of nitrogens with zero attached hydrogens (tertiary/aromatic N) is 1. The van der Waals surface area contributed by atoms with Gasteiger partial charge in [0.25, 0.3) is 0 Å². The zero-order valence-electron chi connectivity index (χ0n) is 14.8. The zero-order chi connectivity index (χ0) is 17.8. The van der Waals surface area contributed by atoms with Crippen molar-refractivity contribution >= 4 is 11.9 Å². The number of piperidine rings is 1. The van der Waals surface area contributed by atoms with Crippen molar-refractivity contribution in [1.29, 1.82) is 0 Å². The van der Waals surface area contributed by atoms with Gasteiger partial charge in [0.2, 0.25) is 5.91 Å². The van der Waals surface area contributed by atoms with Gasteiger partial charge >= 0.3 is 5.97 Å². The first-order valence-corrected chi connectivity index (χ1v) is 8.87. The maximum atomic E-state index is 12.8. The number of esters is 1. The highest BCUT2D eigenvalue weighted by atomic mass is 16.5. The summed E-state index contributed by atoms with van der Waals surface area (Å²) in [5.74, 6) is 1.29. The normalized spacial score (nSPS) is 20.4. The lowest BCUT2D eigenvalue weighted by Crippen LogP contribution is -2.45. The zero-order valence-corrected chi connectivity index (χ0v) is 14.8. The minimum Gasteiger partial charge on any atom is -0.497 e. The van der Waals surface area contributed by atoms with Crippen molar-refractivity contribution in [1.82, 2.24) is 4.90 Å². The minimum absolute atomic E-state index is 0.0865. The molecule has 2 heterocycles. The van der Waals surface area contributed by atoms with Gasteiger partial charge in [-0.3, -0.25) is 9.59 Å². The molecular formula is C19H25NO5. The molecule has 2 aliphatic rings. The lowest BCUT2D eigenvalue weighted by atomic mass is 9.92. The number of carbonyl (C=O) groups is 2. The molecule has 1 unspecified atom stereocenters. The van der Waals surface area contributed by atoms with Crippen LogP contribution in [0.25, 0.3) is 0 Å². The van der Waals surface area contributed by atoms with Gasteiger partial charge in [-0.1, -0.05) is 0 Å². The van der Waals surface area contributed by atoms with Crippen LogP contribution in [-0.4, -0.2) is 50.2 Å². The lowest BCUT2D eigenvalue weighted by Gasteiger charge is -2.34. The van der Waals surface area contributed by atoms with Crippen LogP contribution in [0.15, 0.2) is 18.2 Å². The number of benzene rings is 1. The molecule has 6 heteroatoms. The van der Waals surface area contributed by atoms with Gasteiger partial charge in [-0.2, -0.15) is 0 Å². The number of methoxy groups -OCH3 is 1. The predicted molar refractivity (Wildman–Crippen MR) is 91.6 cm³/mol. The molecule has 1 saturated heterocycles. The number of hydrogen-bond donors (Lipinski definition) is 0. The molecule has 1 fully saturated rings. The van der Waals surface area contributed by atoms with Crippen LogP contribution in [0.3, 0.4) is 0 Å². The third-order valence-electron chi connectivity index (χ3n) is 4.95. The SMILES string of the molecule is CCOC(=O)C1CCN(C(=O)C2COc3ccc(OC)cc3C2)CC1. The number of fused-ring (bicyclic) bond motifs is 1. The van der Waals surface area contributed by atoms with Crippen molar-refractivity contribution in [2.45, 2.75) is 26.2 Å². The van der Waals surface area contributed by atoms with E-state index in [9.17, 15) is 9.59 Å². The Labute approximate surface area is 148 Å². The van der Waals surface area contributed by atoms with E-state index in [4.69, 9.17) is 14.2 Å². The largest absolute Gasteiger partial charge is 0.497 e. The summed E-state index contributed by atoms with van der Waals surface area (Å²) in [6.45, 7) is 3.82. The van der Waals surface area contributed by atoms with Crippen LogP contribution >= 0.6 is 0 Å². The molecule has 0 saturated carbocycles. The number of hydrogen-bond acceptors (Lipinski definition) is 5. The van der Waals surface area contributed by atoms with Gasteiger partial charge < -0.3 is 19.1 Å². The molecule has 0 N–H and O–H groups in total. The van der Waals surface area contributed by atoms with Crippen LogP contribution in [0.1, 0.15) is 25.3 Å². The van der Waals surface area contributed by atoms with Crippen LogP contribution in [0.2, 0.25) is 0 Å². The van der Waals surface area contributed by atoms with Crippen LogP contribution in [-0.2, 0) is 20.7 Å². The van der Waals surface area contributed by atoms with E-state index in [1.54, 1.807) is 7.11 Å². The molecule has 3 rings (SSSR count). The molecule has 1 aromatic rings. The summed E-state index contributed by atoms with van der Waals surface area (Å²) in [7, 11) is 1.63. The molecular weight excluding hydrogens is 322 g/mol. The van der Waals surface area contributed by atoms with Gasteiger partial charge in [-0.05, 0) is 49.9 Å². The summed E-state index contributed by atoms with van der Waals surface area (Å²) < 4.78 is 16.1. The average molecular weight is 347 g/mol. The van der Waals surface area contributed by atoms with Crippen molar-refractivity contribution in [3.63, 3.8) is 0 Å². The Morgan fingerprint density at radius 1 is 1.24 bits per heavy atom. The number of rotatable bonds is 4. The van der Waals surface area contributed by atoms with Gasteiger partial charge in [0.1, 0.15) is 18.1 Å². The molecule has 0 aliphatic carbocycles. The predicted octanol–water partition coefficient (Wildman–Crippen LogP) is 2.05. The Balaban J connectivity index is 1.58. The Morgan fingerprint density at radius 3 is 2.68 bits per heavy atom. The Kier molecular flexibility index (Phi) is 5.46. The van der Waals surface area contributed by atoms with E-state index in [1.165, 1.54) is 0 Å². The smallest absolute Gasteiger partial charge is 0.309 e. The lowest BCUT2D eigenvalue weighted by molar-refractivity contribution is -0.152. The molecule has 6 nitrogen and oxygen atoms in total. The van der Waals surface area contributed by atoms with Crippen LogP contribution in [0.4, 0.5) is 0 Å². The summed E-state index contributed by atoms with van der Waals surface area (Å²) in [6, 6.07) is 5.68. The number of amides is 1. The number of carbonyl (C=O) groups excluding carboxylic acids is 2. The molecule has 25 heavy (non-hydrogen) atoms. The molecule has 2 aliphatic heterocycles. The van der Waals surface area contributed by atoms with Gasteiger partial charge in [-0.15, -0.1) is 0 Å². The van der Waals surface area contributed by atoms with Gasteiger partial charge in [0, 0.05) is 13.1 Å². The van der Waals surface area contributed by atoms with Crippen molar-refractivity contribution in [2.24, 2.45) is 11.8 Å². The molecule has 0 bridgehead atoms. The second-order valence-electron chi connectivity index (χ2n) is 6.54. The van der Waals surface area contributed by atoms with Crippen molar-refractivity contribution in [3.8, 4) is 11.5 Å². The van der Waals surface area contributed by atoms with E-state index in [1.807, 2.05) is 30.0 Å². The fourth-order valence-corrected chi connectivity index (χ4v) is 3.51. The summed E-state index contributed by atoms with van der Waals surface area (Å²) in [6.07, 6.45) is 1.99. The van der Waals surface area contributed by atoms with E-state index in [-0.39, 0.29) is 23.7 Å². The molecule has 1 aromatic carbocycles. The third kappa shape index (κ3) is 3.89. The summed E-state index contributed by atoms with van der Waals surface area (Å²) in [5, 5.41) is 0. The van der Waals surface area contributed by atoms with E-state index < -0.39 is 0 Å². The molecule has 0 radical (unpaired) electrons. The Hall–Kier alpha value is -2.24. The topological polar surface area (TPSA) is 65.1 Å². The molecule has 1 amide bonds. The first-order valence-electron chi connectivity index (χ1n) is 8.87.